The van der Waals surface area contributed by atoms with Gasteiger partial charge in [0.2, 0.25) is 0 Å². The van der Waals surface area contributed by atoms with Crippen molar-refractivity contribution in [1.29, 1.82) is 0 Å². The van der Waals surface area contributed by atoms with E-state index in [9.17, 15) is 0 Å². The van der Waals surface area contributed by atoms with E-state index in [4.69, 9.17) is 6.57 Å². The summed E-state index contributed by atoms with van der Waals surface area (Å²) >= 11 is 0. The number of hydrogen-bond donors (Lipinski definition) is 0. The maximum absolute atomic E-state index is 7.25. The summed E-state index contributed by atoms with van der Waals surface area (Å²) in [6.45, 7) is 11.6. The molecule has 5 rings (SSSR count). The number of fused-ring (bicyclic) bond motifs is 1. The molecule has 0 amide bonds. The van der Waals surface area contributed by atoms with Gasteiger partial charge in [-0.25, -0.2) is 4.85 Å². The Hall–Kier alpha value is -2.93. The Kier molecular flexibility index (Phi) is 5.84. The first-order valence-electron chi connectivity index (χ1n) is 11.4. The summed E-state index contributed by atoms with van der Waals surface area (Å²) in [5.74, 6) is 0. The van der Waals surface area contributed by atoms with E-state index in [2.05, 4.69) is 87.4 Å². The first kappa shape index (κ1) is 20.0. The molecule has 0 bridgehead atoms. The summed E-state index contributed by atoms with van der Waals surface area (Å²) in [5, 5.41) is 0. The van der Waals surface area contributed by atoms with Gasteiger partial charge in [0.1, 0.15) is 0 Å². The molecule has 1 saturated heterocycles. The minimum Gasteiger partial charge on any atom is -0.296 e. The van der Waals surface area contributed by atoms with Crippen LogP contribution in [0.2, 0.25) is 0 Å². The van der Waals surface area contributed by atoms with Crippen molar-refractivity contribution in [2.75, 3.05) is 19.6 Å². The van der Waals surface area contributed by atoms with E-state index in [1.165, 1.54) is 35.1 Å². The van der Waals surface area contributed by atoms with E-state index >= 15 is 0 Å². The zero-order valence-corrected chi connectivity index (χ0v) is 18.0. The van der Waals surface area contributed by atoms with Crippen molar-refractivity contribution in [2.45, 2.75) is 37.9 Å². The van der Waals surface area contributed by atoms with Gasteiger partial charge >= 0.3 is 0 Å². The maximum Gasteiger partial charge on any atom is 0.187 e. The highest BCUT2D eigenvalue weighted by Crippen LogP contribution is 2.33. The third-order valence-corrected chi connectivity index (χ3v) is 6.97. The second-order valence-corrected chi connectivity index (χ2v) is 8.78. The summed E-state index contributed by atoms with van der Waals surface area (Å²) in [4.78, 5) is 8.94. The van der Waals surface area contributed by atoms with Crippen molar-refractivity contribution in [3.05, 3.63) is 113 Å². The van der Waals surface area contributed by atoms with Crippen LogP contribution >= 0.6 is 0 Å². The monoisotopic (exact) mass is 407 g/mol. The molecular formula is C28H29N3. The van der Waals surface area contributed by atoms with Gasteiger partial charge in [-0.05, 0) is 36.0 Å². The van der Waals surface area contributed by atoms with Crippen molar-refractivity contribution in [3.63, 3.8) is 0 Å². The Morgan fingerprint density at radius 2 is 1.42 bits per heavy atom. The van der Waals surface area contributed by atoms with Crippen molar-refractivity contribution in [2.24, 2.45) is 0 Å². The minimum absolute atomic E-state index is 0.331. The second-order valence-electron chi connectivity index (χ2n) is 8.78. The molecule has 0 unspecified atom stereocenters. The molecule has 1 fully saturated rings. The molecule has 0 N–H and O–H groups in total. The van der Waals surface area contributed by atoms with Gasteiger partial charge in [0.05, 0.1) is 12.6 Å². The minimum atomic E-state index is 0.331. The standard InChI is InChI=1S/C28H29N3/c1-29-26-13-12-25-21-31(17-14-24(25)20-26)27-15-18-30(19-16-27)28(22-8-4-2-5-9-22)23-10-6-3-7-11-23/h2-13,20,27-28H,14-19,21H2. The lowest BCUT2D eigenvalue weighted by atomic mass is 9.92. The quantitative estimate of drug-likeness (QED) is 0.503. The summed E-state index contributed by atoms with van der Waals surface area (Å²) in [6.07, 6.45) is 3.49. The summed E-state index contributed by atoms with van der Waals surface area (Å²) < 4.78 is 0. The lowest BCUT2D eigenvalue weighted by Gasteiger charge is -2.43. The molecular weight excluding hydrogens is 378 g/mol. The van der Waals surface area contributed by atoms with Gasteiger partial charge < -0.3 is 0 Å². The lowest BCUT2D eigenvalue weighted by molar-refractivity contribution is 0.0843. The van der Waals surface area contributed by atoms with Gasteiger partial charge in [0.25, 0.3) is 0 Å². The molecule has 0 aliphatic carbocycles. The zero-order valence-electron chi connectivity index (χ0n) is 18.0. The van der Waals surface area contributed by atoms with Crippen LogP contribution in [-0.2, 0) is 13.0 Å². The molecule has 0 aromatic heterocycles. The maximum atomic E-state index is 7.25. The molecule has 2 aliphatic rings. The van der Waals surface area contributed by atoms with Crippen LogP contribution in [0.25, 0.3) is 4.85 Å². The normalized spacial score (nSPS) is 17.9. The number of benzene rings is 3. The third kappa shape index (κ3) is 4.28. The number of hydrogen-bond acceptors (Lipinski definition) is 2. The van der Waals surface area contributed by atoms with E-state index < -0.39 is 0 Å². The summed E-state index contributed by atoms with van der Waals surface area (Å²) in [7, 11) is 0. The molecule has 0 spiro atoms. The molecule has 3 aromatic carbocycles. The summed E-state index contributed by atoms with van der Waals surface area (Å²) in [6, 6.07) is 29.1. The fraction of sp³-hybridized carbons (Fsp3) is 0.321. The topological polar surface area (TPSA) is 10.8 Å². The molecule has 0 radical (unpaired) electrons. The van der Waals surface area contributed by atoms with Crippen molar-refractivity contribution in [3.8, 4) is 0 Å². The van der Waals surface area contributed by atoms with Crippen LogP contribution in [0, 0.1) is 6.57 Å². The van der Waals surface area contributed by atoms with E-state index in [-0.39, 0.29) is 0 Å². The largest absolute Gasteiger partial charge is 0.296 e. The van der Waals surface area contributed by atoms with E-state index in [0.717, 1.165) is 38.3 Å². The van der Waals surface area contributed by atoms with Crippen LogP contribution in [0.3, 0.4) is 0 Å². The zero-order chi connectivity index (χ0) is 21.0. The van der Waals surface area contributed by atoms with Crippen LogP contribution in [0.5, 0.6) is 0 Å². The van der Waals surface area contributed by atoms with Crippen LogP contribution in [0.15, 0.2) is 78.9 Å². The summed E-state index contributed by atoms with van der Waals surface area (Å²) in [5.41, 5.74) is 6.32. The van der Waals surface area contributed by atoms with Gasteiger partial charge in [-0.15, -0.1) is 0 Å². The van der Waals surface area contributed by atoms with Gasteiger partial charge in [0, 0.05) is 32.2 Å². The first-order valence-corrected chi connectivity index (χ1v) is 11.4. The Morgan fingerprint density at radius 1 is 0.774 bits per heavy atom. The Balaban J connectivity index is 1.28. The van der Waals surface area contributed by atoms with Crippen molar-refractivity contribution in [1.82, 2.24) is 9.80 Å². The van der Waals surface area contributed by atoms with E-state index in [0.29, 0.717) is 12.1 Å². The van der Waals surface area contributed by atoms with Gasteiger partial charge in [0.15, 0.2) is 5.69 Å². The molecule has 2 aliphatic heterocycles. The number of piperidine rings is 1. The number of nitrogens with zero attached hydrogens (tertiary/aromatic N) is 3. The molecule has 2 heterocycles. The fourth-order valence-electron chi connectivity index (χ4n) is 5.34. The smallest absolute Gasteiger partial charge is 0.187 e. The molecule has 3 nitrogen and oxygen atoms in total. The first-order chi connectivity index (χ1) is 15.3. The third-order valence-electron chi connectivity index (χ3n) is 6.97. The van der Waals surface area contributed by atoms with E-state index in [1.54, 1.807) is 0 Å². The molecule has 31 heavy (non-hydrogen) atoms. The number of likely N-dealkylation sites (tertiary alicyclic amines) is 1. The average Bonchev–Trinajstić information content (AvgIpc) is 2.85. The molecule has 0 atom stereocenters. The highest BCUT2D eigenvalue weighted by atomic mass is 15.2. The highest BCUT2D eigenvalue weighted by molar-refractivity contribution is 5.50. The number of rotatable bonds is 4. The lowest BCUT2D eigenvalue weighted by Crippen LogP contribution is -2.47. The fourth-order valence-corrected chi connectivity index (χ4v) is 5.34. The van der Waals surface area contributed by atoms with E-state index in [1.807, 2.05) is 6.07 Å². The van der Waals surface area contributed by atoms with Crippen molar-refractivity contribution < 1.29 is 0 Å². The highest BCUT2D eigenvalue weighted by Gasteiger charge is 2.31. The SMILES string of the molecule is [C-]#[N+]c1ccc2c(c1)CCN(C1CCN(C(c3ccccc3)c3ccccc3)CC1)C2. The van der Waals surface area contributed by atoms with Crippen LogP contribution in [-0.4, -0.2) is 35.5 Å². The predicted octanol–water partition coefficient (Wildman–Crippen LogP) is 5.85. The molecule has 156 valence electrons. The van der Waals surface area contributed by atoms with Crippen LogP contribution < -0.4 is 0 Å². The van der Waals surface area contributed by atoms with Gasteiger partial charge in [-0.3, -0.25) is 9.80 Å². The van der Waals surface area contributed by atoms with Gasteiger partial charge in [-0.1, -0.05) is 84.4 Å². The molecule has 3 aromatic rings. The van der Waals surface area contributed by atoms with Crippen molar-refractivity contribution >= 4 is 5.69 Å². The Labute approximate surface area is 185 Å². The van der Waals surface area contributed by atoms with Crippen LogP contribution in [0.1, 0.15) is 41.1 Å². The van der Waals surface area contributed by atoms with Gasteiger partial charge in [-0.2, -0.15) is 0 Å². The Morgan fingerprint density at radius 3 is 2.03 bits per heavy atom. The average molecular weight is 408 g/mol. The molecule has 3 heteroatoms. The predicted molar refractivity (Wildman–Crippen MR) is 126 cm³/mol. The Bertz CT molecular complexity index is 1010. The van der Waals surface area contributed by atoms with Crippen LogP contribution in [0.4, 0.5) is 5.69 Å². The molecule has 0 saturated carbocycles. The second kappa shape index (κ2) is 9.06.